The first-order valence-electron chi connectivity index (χ1n) is 7.82. The van der Waals surface area contributed by atoms with E-state index in [9.17, 15) is 4.79 Å². The molecule has 0 radical (unpaired) electrons. The zero-order chi connectivity index (χ0) is 17.7. The van der Waals surface area contributed by atoms with E-state index in [0.717, 1.165) is 21.5 Å². The zero-order valence-corrected chi connectivity index (χ0v) is 15.1. The van der Waals surface area contributed by atoms with Gasteiger partial charge in [-0.25, -0.2) is 19.3 Å². The minimum Gasteiger partial charge on any atom is -0.462 e. The number of hydrogen-bond donors (Lipinski definition) is 0. The van der Waals surface area contributed by atoms with Crippen LogP contribution < -0.4 is 0 Å². The third kappa shape index (κ3) is 2.39. The summed E-state index contributed by atoms with van der Waals surface area (Å²) in [6, 6.07) is 1.93. The maximum Gasteiger partial charge on any atom is 0.348 e. The van der Waals surface area contributed by atoms with Gasteiger partial charge in [-0.05, 0) is 32.4 Å². The Morgan fingerprint density at radius 2 is 2.12 bits per heavy atom. The summed E-state index contributed by atoms with van der Waals surface area (Å²) in [6.07, 6.45) is 1.61. The summed E-state index contributed by atoms with van der Waals surface area (Å²) in [5.74, 6) is 0.197. The van der Waals surface area contributed by atoms with Crippen LogP contribution in [0.3, 0.4) is 0 Å². The van der Waals surface area contributed by atoms with E-state index in [0.29, 0.717) is 28.6 Å². The number of ether oxygens (including phenoxy) is 1. The van der Waals surface area contributed by atoms with E-state index >= 15 is 0 Å². The van der Waals surface area contributed by atoms with E-state index in [1.165, 1.54) is 11.3 Å². The first kappa shape index (κ1) is 15.7. The van der Waals surface area contributed by atoms with E-state index in [4.69, 9.17) is 4.74 Å². The number of thiophene rings is 1. The lowest BCUT2D eigenvalue weighted by Crippen LogP contribution is -2.03. The van der Waals surface area contributed by atoms with E-state index in [2.05, 4.69) is 20.2 Å². The molecule has 4 aromatic heterocycles. The predicted octanol–water partition coefficient (Wildman–Crippen LogP) is 2.53. The van der Waals surface area contributed by atoms with Crippen LogP contribution in [0.5, 0.6) is 0 Å². The van der Waals surface area contributed by atoms with Crippen molar-refractivity contribution in [1.29, 1.82) is 0 Å². The van der Waals surface area contributed by atoms with Gasteiger partial charge in [0, 0.05) is 12.7 Å². The zero-order valence-electron chi connectivity index (χ0n) is 14.3. The van der Waals surface area contributed by atoms with Gasteiger partial charge in [-0.1, -0.05) is 0 Å². The molecule has 128 valence electrons. The van der Waals surface area contributed by atoms with Crippen molar-refractivity contribution in [2.75, 3.05) is 6.61 Å². The minimum atomic E-state index is -0.332. The van der Waals surface area contributed by atoms with Gasteiger partial charge in [0.1, 0.15) is 21.7 Å². The molecule has 0 atom stereocenters. The topological polar surface area (TPSA) is 87.2 Å². The number of carbonyl (C=O) groups excluding carboxylic acids is 1. The fraction of sp³-hybridized carbons (Fsp3) is 0.312. The molecular weight excluding hydrogens is 340 g/mol. The highest BCUT2D eigenvalue weighted by atomic mass is 32.1. The molecule has 0 aromatic carbocycles. The Hall–Kier alpha value is -2.81. The fourth-order valence-corrected chi connectivity index (χ4v) is 3.74. The summed E-state index contributed by atoms with van der Waals surface area (Å²) in [4.78, 5) is 22.5. The molecule has 0 N–H and O–H groups in total. The maximum atomic E-state index is 12.1. The van der Waals surface area contributed by atoms with Crippen LogP contribution >= 0.6 is 11.3 Å². The van der Waals surface area contributed by atoms with E-state index in [-0.39, 0.29) is 5.97 Å². The molecule has 25 heavy (non-hydrogen) atoms. The second-order valence-corrected chi connectivity index (χ2v) is 6.70. The molecule has 4 aromatic rings. The third-order valence-corrected chi connectivity index (χ3v) is 5.25. The van der Waals surface area contributed by atoms with Gasteiger partial charge in [-0.2, -0.15) is 5.10 Å². The Morgan fingerprint density at radius 3 is 2.80 bits per heavy atom. The van der Waals surface area contributed by atoms with Crippen LogP contribution in [0.15, 0.2) is 12.4 Å². The van der Waals surface area contributed by atoms with Crippen LogP contribution in [0.4, 0.5) is 0 Å². The summed E-state index contributed by atoms with van der Waals surface area (Å²) in [5.41, 5.74) is 3.20. The van der Waals surface area contributed by atoms with Crippen LogP contribution in [0, 0.1) is 13.8 Å². The fourth-order valence-electron chi connectivity index (χ4n) is 2.70. The van der Waals surface area contributed by atoms with Gasteiger partial charge >= 0.3 is 5.97 Å². The van der Waals surface area contributed by atoms with E-state index in [1.54, 1.807) is 22.4 Å². The maximum absolute atomic E-state index is 12.1. The van der Waals surface area contributed by atoms with Crippen molar-refractivity contribution in [3.63, 3.8) is 0 Å². The van der Waals surface area contributed by atoms with Gasteiger partial charge in [0.15, 0.2) is 5.65 Å². The lowest BCUT2D eigenvalue weighted by Gasteiger charge is -1.99. The Labute approximate surface area is 147 Å². The predicted molar refractivity (Wildman–Crippen MR) is 93.8 cm³/mol. The Bertz CT molecular complexity index is 1100. The molecule has 9 heteroatoms. The van der Waals surface area contributed by atoms with Crippen molar-refractivity contribution in [3.8, 4) is 11.5 Å². The SMILES string of the molecule is CCOC(=O)c1sc2ncn3nc(-c4cc(C)n(C)n4)nc3c2c1C. The average molecular weight is 356 g/mol. The highest BCUT2D eigenvalue weighted by molar-refractivity contribution is 7.20. The second kappa shape index (κ2) is 5.62. The number of rotatable bonds is 3. The normalized spacial score (nSPS) is 11.5. The number of nitrogens with zero attached hydrogens (tertiary/aromatic N) is 6. The summed E-state index contributed by atoms with van der Waals surface area (Å²) in [7, 11) is 1.88. The number of aryl methyl sites for hydroxylation is 3. The summed E-state index contributed by atoms with van der Waals surface area (Å²) >= 11 is 1.31. The third-order valence-electron chi connectivity index (χ3n) is 4.07. The highest BCUT2D eigenvalue weighted by Gasteiger charge is 2.21. The lowest BCUT2D eigenvalue weighted by molar-refractivity contribution is 0.0531. The molecule has 0 saturated heterocycles. The summed E-state index contributed by atoms with van der Waals surface area (Å²) < 4.78 is 8.53. The number of hydrogen-bond acceptors (Lipinski definition) is 7. The minimum absolute atomic E-state index is 0.332. The summed E-state index contributed by atoms with van der Waals surface area (Å²) in [5, 5.41) is 9.72. The quantitative estimate of drug-likeness (QED) is 0.524. The number of carbonyl (C=O) groups is 1. The molecular formula is C16H16N6O2S. The average Bonchev–Trinajstić information content (AvgIpc) is 3.23. The Balaban J connectivity index is 1.92. The van der Waals surface area contributed by atoms with E-state index < -0.39 is 0 Å². The molecule has 0 aliphatic carbocycles. The van der Waals surface area contributed by atoms with Crippen LogP contribution in [0.25, 0.3) is 27.4 Å². The highest BCUT2D eigenvalue weighted by Crippen LogP contribution is 2.32. The number of esters is 1. The molecule has 0 unspecified atom stereocenters. The van der Waals surface area contributed by atoms with Crippen LogP contribution in [-0.4, -0.2) is 41.9 Å². The van der Waals surface area contributed by atoms with Crippen molar-refractivity contribution in [2.24, 2.45) is 7.05 Å². The molecule has 0 bridgehead atoms. The first-order valence-corrected chi connectivity index (χ1v) is 8.63. The molecule has 0 fully saturated rings. The molecule has 8 nitrogen and oxygen atoms in total. The smallest absolute Gasteiger partial charge is 0.348 e. The number of aromatic nitrogens is 6. The Kier molecular flexibility index (Phi) is 3.53. The molecule has 0 aliphatic heterocycles. The molecule has 0 saturated carbocycles. The Morgan fingerprint density at radius 1 is 1.32 bits per heavy atom. The van der Waals surface area contributed by atoms with Gasteiger partial charge in [-0.15, -0.1) is 16.4 Å². The summed E-state index contributed by atoms with van der Waals surface area (Å²) in [6.45, 7) is 5.98. The van der Waals surface area contributed by atoms with Gasteiger partial charge in [0.05, 0.1) is 12.0 Å². The molecule has 0 amide bonds. The van der Waals surface area contributed by atoms with Crippen molar-refractivity contribution in [2.45, 2.75) is 20.8 Å². The standard InChI is InChI=1S/C16H16N6O2S/c1-5-24-16(23)12-9(3)11-14-18-13(10-6-8(2)21(4)19-10)20-22(14)7-17-15(11)25-12/h6-7H,5H2,1-4H3. The van der Waals surface area contributed by atoms with Gasteiger partial charge in [0.25, 0.3) is 0 Å². The molecule has 4 heterocycles. The first-order chi connectivity index (χ1) is 12.0. The van der Waals surface area contributed by atoms with Crippen molar-refractivity contribution in [3.05, 3.63) is 28.5 Å². The van der Waals surface area contributed by atoms with Crippen molar-refractivity contribution < 1.29 is 9.53 Å². The van der Waals surface area contributed by atoms with Gasteiger partial charge in [-0.3, -0.25) is 4.68 Å². The van der Waals surface area contributed by atoms with Crippen LogP contribution in [-0.2, 0) is 11.8 Å². The number of fused-ring (bicyclic) bond motifs is 3. The van der Waals surface area contributed by atoms with Crippen LogP contribution in [0.2, 0.25) is 0 Å². The monoisotopic (exact) mass is 356 g/mol. The van der Waals surface area contributed by atoms with Gasteiger partial charge in [0.2, 0.25) is 5.82 Å². The van der Waals surface area contributed by atoms with Gasteiger partial charge < -0.3 is 4.74 Å². The lowest BCUT2D eigenvalue weighted by atomic mass is 10.2. The van der Waals surface area contributed by atoms with E-state index in [1.807, 2.05) is 27.0 Å². The van der Waals surface area contributed by atoms with Crippen molar-refractivity contribution >= 4 is 33.2 Å². The van der Waals surface area contributed by atoms with Crippen LogP contribution in [0.1, 0.15) is 27.9 Å². The second-order valence-electron chi connectivity index (χ2n) is 5.70. The molecule has 0 spiro atoms. The largest absolute Gasteiger partial charge is 0.462 e. The molecule has 0 aliphatic rings. The van der Waals surface area contributed by atoms with Crippen molar-refractivity contribution in [1.82, 2.24) is 29.4 Å². The molecule has 4 rings (SSSR count).